The lowest BCUT2D eigenvalue weighted by molar-refractivity contribution is -0.136. The van der Waals surface area contributed by atoms with Crippen LogP contribution in [0.3, 0.4) is 0 Å². The van der Waals surface area contributed by atoms with Crippen LogP contribution in [0.1, 0.15) is 20.8 Å². The molecule has 68 valence electrons. The molecule has 0 aromatic rings. The Balaban J connectivity index is 4.94. The van der Waals surface area contributed by atoms with E-state index in [1.165, 1.54) is 0 Å². The highest BCUT2D eigenvalue weighted by Gasteiger charge is 2.24. The molecule has 0 rings (SSSR count). The Hall–Kier alpha value is -1.32. The van der Waals surface area contributed by atoms with Crippen LogP contribution < -0.4 is 0 Å². The van der Waals surface area contributed by atoms with E-state index in [0.717, 1.165) is 6.08 Å². The van der Waals surface area contributed by atoms with Gasteiger partial charge in [-0.3, -0.25) is 0 Å². The van der Waals surface area contributed by atoms with E-state index in [2.05, 4.69) is 0 Å². The van der Waals surface area contributed by atoms with Crippen LogP contribution in [0.2, 0.25) is 0 Å². The molecule has 0 aliphatic carbocycles. The molecule has 0 amide bonds. The lowest BCUT2D eigenvalue weighted by Gasteiger charge is -2.18. The second kappa shape index (κ2) is 3.38. The van der Waals surface area contributed by atoms with E-state index < -0.39 is 17.4 Å². The summed E-state index contributed by atoms with van der Waals surface area (Å²) >= 11 is 0. The summed E-state index contributed by atoms with van der Waals surface area (Å²) in [5.41, 5.74) is -0.750. The lowest BCUT2D eigenvalue weighted by atomic mass is 9.86. The molecule has 0 aromatic carbocycles. The van der Waals surface area contributed by atoms with E-state index in [9.17, 15) is 9.59 Å². The predicted molar refractivity (Wildman–Crippen MR) is 42.8 cm³/mol. The topological polar surface area (TPSA) is 74.6 Å². The molecule has 0 aliphatic rings. The normalized spacial score (nSPS) is 12.8. The molecule has 0 aromatic heterocycles. The lowest BCUT2D eigenvalue weighted by Crippen LogP contribution is -2.18. The molecular weight excluding hydrogens is 160 g/mol. The van der Waals surface area contributed by atoms with Gasteiger partial charge in [0.05, 0.1) is 0 Å². The highest BCUT2D eigenvalue weighted by atomic mass is 16.4. The van der Waals surface area contributed by atoms with Crippen molar-refractivity contribution in [2.75, 3.05) is 0 Å². The van der Waals surface area contributed by atoms with Gasteiger partial charge in [-0.2, -0.15) is 0 Å². The Morgan fingerprint density at radius 3 is 1.67 bits per heavy atom. The summed E-state index contributed by atoms with van der Waals surface area (Å²) in [5, 5.41) is 17.0. The molecule has 4 nitrogen and oxygen atoms in total. The Morgan fingerprint density at radius 1 is 1.17 bits per heavy atom. The maximum absolute atomic E-state index is 10.6. The number of carboxylic acids is 2. The fourth-order valence-electron chi connectivity index (χ4n) is 0.723. The third-order valence-corrected chi connectivity index (χ3v) is 1.31. The summed E-state index contributed by atoms with van der Waals surface area (Å²) in [4.78, 5) is 20.8. The number of carboxylic acid groups (broad SMARTS) is 2. The fourth-order valence-corrected chi connectivity index (χ4v) is 0.723. The van der Waals surface area contributed by atoms with Gasteiger partial charge in [-0.1, -0.05) is 20.8 Å². The molecule has 4 heteroatoms. The van der Waals surface area contributed by atoms with Gasteiger partial charge < -0.3 is 10.2 Å². The van der Waals surface area contributed by atoms with Crippen LogP contribution in [0, 0.1) is 5.41 Å². The van der Waals surface area contributed by atoms with Gasteiger partial charge in [-0.05, 0) is 5.41 Å². The van der Waals surface area contributed by atoms with Crippen LogP contribution in [0.15, 0.2) is 11.6 Å². The van der Waals surface area contributed by atoms with Crippen LogP contribution in [-0.4, -0.2) is 22.2 Å². The van der Waals surface area contributed by atoms with Gasteiger partial charge in [0.25, 0.3) is 0 Å². The molecule has 0 unspecified atom stereocenters. The van der Waals surface area contributed by atoms with E-state index >= 15 is 0 Å². The van der Waals surface area contributed by atoms with Crippen molar-refractivity contribution >= 4 is 11.9 Å². The second-order valence-corrected chi connectivity index (χ2v) is 3.45. The summed E-state index contributed by atoms with van der Waals surface area (Å²) in [7, 11) is 0. The monoisotopic (exact) mass is 172 g/mol. The van der Waals surface area contributed by atoms with Crippen LogP contribution in [0.5, 0.6) is 0 Å². The Bertz CT molecular complexity index is 232. The first-order valence-corrected chi connectivity index (χ1v) is 3.43. The van der Waals surface area contributed by atoms with E-state index in [1.54, 1.807) is 20.8 Å². The zero-order valence-corrected chi connectivity index (χ0v) is 7.29. The Morgan fingerprint density at radius 2 is 1.58 bits per heavy atom. The molecule has 0 fully saturated rings. The van der Waals surface area contributed by atoms with Gasteiger partial charge in [0.1, 0.15) is 0 Å². The van der Waals surface area contributed by atoms with Crippen molar-refractivity contribution < 1.29 is 19.8 Å². The van der Waals surface area contributed by atoms with Crippen molar-refractivity contribution in [3.8, 4) is 0 Å². The first kappa shape index (κ1) is 10.7. The van der Waals surface area contributed by atoms with Gasteiger partial charge >= 0.3 is 11.9 Å². The molecule has 0 saturated heterocycles. The molecule has 0 atom stereocenters. The zero-order valence-electron chi connectivity index (χ0n) is 7.29. The summed E-state index contributed by atoms with van der Waals surface area (Å²) in [5.74, 6) is -2.42. The van der Waals surface area contributed by atoms with Gasteiger partial charge in [-0.15, -0.1) is 0 Å². The zero-order chi connectivity index (χ0) is 9.94. The minimum atomic E-state index is -1.23. The van der Waals surface area contributed by atoms with Crippen LogP contribution in [0.4, 0.5) is 0 Å². The summed E-state index contributed by atoms with van der Waals surface area (Å²) in [6, 6.07) is 0. The number of carbonyl (C=O) groups is 2. The minimum absolute atomic E-state index is 0.102. The smallest absolute Gasteiger partial charge is 0.332 e. The SMILES string of the molecule is CC(C)(C)C(=CC(=O)O)C(=O)O. The first-order valence-electron chi connectivity index (χ1n) is 3.43. The Labute approximate surface area is 70.5 Å². The van der Waals surface area contributed by atoms with Crippen molar-refractivity contribution in [3.05, 3.63) is 11.6 Å². The fraction of sp³-hybridized carbons (Fsp3) is 0.500. The molecule has 0 bridgehead atoms. The number of aliphatic carboxylic acids is 2. The van der Waals surface area contributed by atoms with Crippen molar-refractivity contribution in [3.63, 3.8) is 0 Å². The van der Waals surface area contributed by atoms with Crippen molar-refractivity contribution in [2.45, 2.75) is 20.8 Å². The van der Waals surface area contributed by atoms with Crippen LogP contribution in [-0.2, 0) is 9.59 Å². The third-order valence-electron chi connectivity index (χ3n) is 1.31. The third kappa shape index (κ3) is 3.18. The van der Waals surface area contributed by atoms with E-state index in [-0.39, 0.29) is 5.57 Å². The van der Waals surface area contributed by atoms with Crippen molar-refractivity contribution in [2.24, 2.45) is 5.41 Å². The van der Waals surface area contributed by atoms with Gasteiger partial charge in [0, 0.05) is 11.6 Å². The summed E-state index contributed by atoms with van der Waals surface area (Å²) in [6.45, 7) is 4.95. The maximum atomic E-state index is 10.6. The number of hydrogen-bond donors (Lipinski definition) is 2. The molecule has 12 heavy (non-hydrogen) atoms. The molecule has 0 aliphatic heterocycles. The molecule has 2 N–H and O–H groups in total. The van der Waals surface area contributed by atoms with Gasteiger partial charge in [-0.25, -0.2) is 9.59 Å². The molecule has 0 spiro atoms. The summed E-state index contributed by atoms with van der Waals surface area (Å²) in [6.07, 6.45) is 0.725. The average Bonchev–Trinajstić information content (AvgIpc) is 1.79. The van der Waals surface area contributed by atoms with E-state index in [4.69, 9.17) is 10.2 Å². The average molecular weight is 172 g/mol. The largest absolute Gasteiger partial charge is 0.478 e. The number of rotatable bonds is 2. The van der Waals surface area contributed by atoms with Crippen molar-refractivity contribution in [1.82, 2.24) is 0 Å². The van der Waals surface area contributed by atoms with Crippen LogP contribution >= 0.6 is 0 Å². The Kier molecular flexibility index (Phi) is 3.01. The predicted octanol–water partition coefficient (Wildman–Crippen LogP) is 1.13. The maximum Gasteiger partial charge on any atom is 0.332 e. The molecule has 0 radical (unpaired) electrons. The quantitative estimate of drug-likeness (QED) is 0.612. The van der Waals surface area contributed by atoms with E-state index in [0.29, 0.717) is 0 Å². The first-order chi connectivity index (χ1) is 5.25. The molecular formula is C8H12O4. The number of hydrogen-bond acceptors (Lipinski definition) is 2. The highest BCUT2D eigenvalue weighted by molar-refractivity contribution is 5.95. The molecule has 0 saturated carbocycles. The van der Waals surface area contributed by atoms with E-state index in [1.807, 2.05) is 0 Å². The van der Waals surface area contributed by atoms with Gasteiger partial charge in [0.15, 0.2) is 0 Å². The standard InChI is InChI=1S/C8H12O4/c1-8(2,3)5(7(11)12)4-6(9)10/h4H,1-3H3,(H,9,10)(H,11,12). The molecule has 0 heterocycles. The second-order valence-electron chi connectivity index (χ2n) is 3.45. The van der Waals surface area contributed by atoms with Crippen LogP contribution in [0.25, 0.3) is 0 Å². The minimum Gasteiger partial charge on any atom is -0.478 e. The van der Waals surface area contributed by atoms with Crippen molar-refractivity contribution in [1.29, 1.82) is 0 Å². The van der Waals surface area contributed by atoms with Gasteiger partial charge in [0.2, 0.25) is 0 Å². The summed E-state index contributed by atoms with van der Waals surface area (Å²) < 4.78 is 0. The highest BCUT2D eigenvalue weighted by Crippen LogP contribution is 2.24.